The van der Waals surface area contributed by atoms with Gasteiger partial charge < -0.3 is 0 Å². The zero-order chi connectivity index (χ0) is 21.9. The summed E-state index contributed by atoms with van der Waals surface area (Å²) in [5.41, 5.74) is 2.05. The van der Waals surface area contributed by atoms with Crippen LogP contribution in [0, 0.1) is 13.8 Å². The van der Waals surface area contributed by atoms with Crippen molar-refractivity contribution in [1.82, 2.24) is 3.97 Å². The standard InChI is InChI=1S/C22H26N2O4S2/c1-4-5-9-19-12-14-20(15-13-19)23-29(25,26)22-16-17(2)24(18(22)3)30(27,28)21-10-7-6-8-11-21/h6-8,10-16,23H,4-5,9H2,1-3H3. The molecule has 0 amide bonds. The Bertz CT molecular complexity index is 1230. The molecule has 0 atom stereocenters. The smallest absolute Gasteiger partial charge is 0.268 e. The van der Waals surface area contributed by atoms with Crippen LogP contribution >= 0.6 is 0 Å². The minimum Gasteiger partial charge on any atom is -0.280 e. The van der Waals surface area contributed by atoms with Crippen LogP contribution in [-0.2, 0) is 26.5 Å². The Labute approximate surface area is 178 Å². The molecule has 1 heterocycles. The van der Waals surface area contributed by atoms with Gasteiger partial charge in [-0.25, -0.2) is 20.8 Å². The topological polar surface area (TPSA) is 85.2 Å². The minimum atomic E-state index is -3.95. The third kappa shape index (κ3) is 4.44. The van der Waals surface area contributed by atoms with Gasteiger partial charge in [-0.1, -0.05) is 43.7 Å². The number of aryl methyl sites for hydroxylation is 2. The summed E-state index contributed by atoms with van der Waals surface area (Å²) in [5.74, 6) is 0. The first-order chi connectivity index (χ1) is 14.2. The Morgan fingerprint density at radius 1 is 0.900 bits per heavy atom. The molecule has 0 radical (unpaired) electrons. The second kappa shape index (κ2) is 8.65. The van der Waals surface area contributed by atoms with Crippen molar-refractivity contribution in [2.75, 3.05) is 4.72 Å². The number of sulfonamides is 1. The highest BCUT2D eigenvalue weighted by molar-refractivity contribution is 7.93. The number of rotatable bonds is 8. The first-order valence-corrected chi connectivity index (χ1v) is 12.7. The SMILES string of the molecule is CCCCc1ccc(NS(=O)(=O)c2cc(C)n(S(=O)(=O)c3ccccc3)c2C)cc1. The summed E-state index contributed by atoms with van der Waals surface area (Å²) < 4.78 is 55.7. The lowest BCUT2D eigenvalue weighted by atomic mass is 10.1. The number of hydrogen-bond acceptors (Lipinski definition) is 4. The maximum Gasteiger partial charge on any atom is 0.268 e. The van der Waals surface area contributed by atoms with Gasteiger partial charge in [0.1, 0.15) is 4.90 Å². The highest BCUT2D eigenvalue weighted by Gasteiger charge is 2.28. The van der Waals surface area contributed by atoms with Gasteiger partial charge in [0, 0.05) is 11.4 Å². The highest BCUT2D eigenvalue weighted by atomic mass is 32.2. The van der Waals surface area contributed by atoms with Crippen molar-refractivity contribution in [2.45, 2.75) is 49.8 Å². The molecule has 6 nitrogen and oxygen atoms in total. The number of hydrogen-bond donors (Lipinski definition) is 1. The maximum absolute atomic E-state index is 13.0. The van der Waals surface area contributed by atoms with Gasteiger partial charge in [0.15, 0.2) is 0 Å². The Balaban J connectivity index is 1.94. The van der Waals surface area contributed by atoms with E-state index in [9.17, 15) is 16.8 Å². The van der Waals surface area contributed by atoms with E-state index >= 15 is 0 Å². The number of nitrogens with one attached hydrogen (secondary N) is 1. The average Bonchev–Trinajstić information content (AvgIpc) is 3.03. The molecule has 8 heteroatoms. The van der Waals surface area contributed by atoms with Crippen molar-refractivity contribution in [3.05, 3.63) is 77.6 Å². The molecular formula is C22H26N2O4S2. The average molecular weight is 447 g/mol. The van der Waals surface area contributed by atoms with Crippen molar-refractivity contribution < 1.29 is 16.8 Å². The number of anilines is 1. The van der Waals surface area contributed by atoms with Gasteiger partial charge in [-0.05, 0) is 62.6 Å². The molecule has 30 heavy (non-hydrogen) atoms. The normalized spacial score (nSPS) is 12.1. The van der Waals surface area contributed by atoms with Gasteiger partial charge >= 0.3 is 0 Å². The molecule has 3 rings (SSSR count). The fourth-order valence-corrected chi connectivity index (χ4v) is 6.41. The minimum absolute atomic E-state index is 0.0606. The van der Waals surface area contributed by atoms with Crippen molar-refractivity contribution in [1.29, 1.82) is 0 Å². The molecule has 0 aliphatic rings. The lowest BCUT2D eigenvalue weighted by Crippen LogP contribution is -2.18. The predicted octanol–water partition coefficient (Wildman–Crippen LogP) is 4.49. The van der Waals surface area contributed by atoms with Crippen LogP contribution in [0.15, 0.2) is 70.5 Å². The van der Waals surface area contributed by atoms with Crippen LogP contribution in [0.2, 0.25) is 0 Å². The van der Waals surface area contributed by atoms with Crippen molar-refractivity contribution >= 4 is 25.7 Å². The van der Waals surface area contributed by atoms with Gasteiger partial charge in [-0.15, -0.1) is 0 Å². The molecule has 160 valence electrons. The monoisotopic (exact) mass is 446 g/mol. The van der Waals surface area contributed by atoms with E-state index in [1.54, 1.807) is 37.3 Å². The van der Waals surface area contributed by atoms with Crippen LogP contribution in [-0.4, -0.2) is 20.8 Å². The summed E-state index contributed by atoms with van der Waals surface area (Å²) in [7, 11) is -7.86. The van der Waals surface area contributed by atoms with Crippen LogP contribution < -0.4 is 4.72 Å². The summed E-state index contributed by atoms with van der Waals surface area (Å²) in [4.78, 5) is 0.0425. The molecule has 1 N–H and O–H groups in total. The van der Waals surface area contributed by atoms with Crippen molar-refractivity contribution in [3.8, 4) is 0 Å². The van der Waals surface area contributed by atoms with Crippen LogP contribution in [0.5, 0.6) is 0 Å². The third-order valence-electron chi connectivity index (χ3n) is 4.92. The lowest BCUT2D eigenvalue weighted by molar-refractivity contribution is 0.584. The van der Waals surface area contributed by atoms with Crippen LogP contribution in [0.1, 0.15) is 36.7 Å². The third-order valence-corrected chi connectivity index (χ3v) is 8.32. The Kier molecular flexibility index (Phi) is 6.38. The zero-order valence-electron chi connectivity index (χ0n) is 17.3. The molecule has 0 unspecified atom stereocenters. The molecule has 0 aliphatic heterocycles. The molecule has 1 aromatic heterocycles. The Hall–Kier alpha value is -2.58. The summed E-state index contributed by atoms with van der Waals surface area (Å²) in [6, 6.07) is 16.6. The molecule has 0 saturated carbocycles. The van der Waals surface area contributed by atoms with E-state index in [0.717, 1.165) is 28.8 Å². The van der Waals surface area contributed by atoms with Gasteiger partial charge in [-0.3, -0.25) is 4.72 Å². The predicted molar refractivity (Wildman–Crippen MR) is 119 cm³/mol. The number of aromatic nitrogens is 1. The summed E-state index contributed by atoms with van der Waals surface area (Å²) in [5, 5.41) is 0. The first kappa shape index (κ1) is 22.1. The van der Waals surface area contributed by atoms with E-state index in [4.69, 9.17) is 0 Å². The number of benzene rings is 2. The largest absolute Gasteiger partial charge is 0.280 e. The van der Waals surface area contributed by atoms with E-state index in [-0.39, 0.29) is 15.5 Å². The molecule has 0 bridgehead atoms. The number of unbranched alkanes of at least 4 members (excludes halogenated alkanes) is 1. The molecule has 0 spiro atoms. The van der Waals surface area contributed by atoms with E-state index in [1.807, 2.05) is 12.1 Å². The quantitative estimate of drug-likeness (QED) is 0.553. The molecule has 2 aromatic carbocycles. The molecular weight excluding hydrogens is 420 g/mol. The summed E-state index contributed by atoms with van der Waals surface area (Å²) in [6.07, 6.45) is 3.12. The first-order valence-electron chi connectivity index (χ1n) is 9.78. The van der Waals surface area contributed by atoms with E-state index in [1.165, 1.54) is 25.1 Å². The maximum atomic E-state index is 13.0. The second-order valence-electron chi connectivity index (χ2n) is 7.22. The molecule has 3 aromatic rings. The molecule has 0 fully saturated rings. The second-order valence-corrected chi connectivity index (χ2v) is 10.7. The van der Waals surface area contributed by atoms with Crippen LogP contribution in [0.4, 0.5) is 5.69 Å². The Morgan fingerprint density at radius 3 is 2.13 bits per heavy atom. The van der Waals surface area contributed by atoms with Crippen molar-refractivity contribution in [2.24, 2.45) is 0 Å². The van der Waals surface area contributed by atoms with Crippen LogP contribution in [0.25, 0.3) is 0 Å². The zero-order valence-corrected chi connectivity index (χ0v) is 18.9. The highest BCUT2D eigenvalue weighted by Crippen LogP contribution is 2.27. The van der Waals surface area contributed by atoms with Crippen LogP contribution in [0.3, 0.4) is 0 Å². The van der Waals surface area contributed by atoms with Gasteiger partial charge in [-0.2, -0.15) is 0 Å². The van der Waals surface area contributed by atoms with E-state index < -0.39 is 20.0 Å². The Morgan fingerprint density at radius 2 is 1.53 bits per heavy atom. The van der Waals surface area contributed by atoms with Crippen molar-refractivity contribution in [3.63, 3.8) is 0 Å². The van der Waals surface area contributed by atoms with Gasteiger partial charge in [0.2, 0.25) is 0 Å². The van der Waals surface area contributed by atoms with Gasteiger partial charge in [0.05, 0.1) is 10.6 Å². The molecule has 0 saturated heterocycles. The number of nitrogens with zero attached hydrogens (tertiary/aromatic N) is 1. The fourth-order valence-electron chi connectivity index (χ4n) is 3.39. The van der Waals surface area contributed by atoms with E-state index in [0.29, 0.717) is 11.4 Å². The van der Waals surface area contributed by atoms with Gasteiger partial charge in [0.25, 0.3) is 20.0 Å². The van der Waals surface area contributed by atoms with E-state index in [2.05, 4.69) is 11.6 Å². The lowest BCUT2D eigenvalue weighted by Gasteiger charge is -2.12. The fraction of sp³-hybridized carbons (Fsp3) is 0.273. The summed E-state index contributed by atoms with van der Waals surface area (Å²) >= 11 is 0. The molecule has 0 aliphatic carbocycles. The summed E-state index contributed by atoms with van der Waals surface area (Å²) in [6.45, 7) is 5.20.